The maximum Gasteiger partial charge on any atom is 0.570 e. The summed E-state index contributed by atoms with van der Waals surface area (Å²) in [5, 5.41) is 22.6. The summed E-state index contributed by atoms with van der Waals surface area (Å²) >= 11 is 0. The van der Waals surface area contributed by atoms with Crippen LogP contribution >= 0.6 is 16.0 Å². The van der Waals surface area contributed by atoms with Gasteiger partial charge >= 0.3 is 16.0 Å². The molecule has 0 aliphatic carbocycles. The number of hydrogen-bond acceptors (Lipinski definition) is 18. The number of nitrogen functional groups attached to an aromatic ring is 2. The Morgan fingerprint density at radius 1 is 1.00 bits per heavy atom. The Hall–Kier alpha value is -3.21. The van der Waals surface area contributed by atoms with Gasteiger partial charge in [-0.1, -0.05) is 0 Å². The van der Waals surface area contributed by atoms with Crippen molar-refractivity contribution >= 4 is 50.0 Å². The molecule has 3 fully saturated rings. The van der Waals surface area contributed by atoms with Gasteiger partial charge in [-0.15, -0.1) is 4.52 Å². The molecule has 22 nitrogen and oxygen atoms in total. The lowest BCUT2D eigenvalue weighted by molar-refractivity contribution is -0.0715. The average Bonchev–Trinajstić information content (AvgIpc) is 3.72. The highest BCUT2D eigenvalue weighted by molar-refractivity contribution is 7.54. The van der Waals surface area contributed by atoms with Gasteiger partial charge in [-0.2, -0.15) is 19.3 Å². The molecule has 45 heavy (non-hydrogen) atoms. The van der Waals surface area contributed by atoms with E-state index in [1.54, 1.807) is 6.07 Å². The number of phosphoric ester groups is 1. The van der Waals surface area contributed by atoms with Crippen molar-refractivity contribution in [3.8, 4) is 0 Å². The molecule has 0 amide bonds. The van der Waals surface area contributed by atoms with Gasteiger partial charge in [-0.25, -0.2) is 19.5 Å². The van der Waals surface area contributed by atoms with Crippen LogP contribution in [0.4, 0.5) is 11.8 Å². The molecule has 0 aromatic carbocycles. The van der Waals surface area contributed by atoms with Crippen LogP contribution in [0.25, 0.3) is 22.2 Å². The summed E-state index contributed by atoms with van der Waals surface area (Å²) < 4.78 is 48.5. The molecule has 0 radical (unpaired) electrons. The average molecular weight is 674 g/mol. The van der Waals surface area contributed by atoms with Crippen molar-refractivity contribution in [1.29, 1.82) is 0 Å². The van der Waals surface area contributed by atoms with Gasteiger partial charge in [0.2, 0.25) is 5.95 Å². The predicted octanol–water partition coefficient (Wildman–Crippen LogP) is -2.17. The van der Waals surface area contributed by atoms with Crippen LogP contribution in [-0.4, -0.2) is 109 Å². The minimum Gasteiger partial charge on any atom is -0.387 e. The van der Waals surface area contributed by atoms with Gasteiger partial charge in [0.25, 0.3) is 5.56 Å². The zero-order valence-electron chi connectivity index (χ0n) is 22.6. The zero-order chi connectivity index (χ0) is 31.8. The van der Waals surface area contributed by atoms with Gasteiger partial charge in [0, 0.05) is 6.20 Å². The fraction of sp³-hybridized carbons (Fsp3) is 0.476. The zero-order valence-corrected chi connectivity index (χ0v) is 24.4. The molecule has 4 aromatic rings. The SMILES string of the molecule is Nc1nc2c(ncn2C2OC3COP(=O)(O)OC4C(CO[P+](O)(O)OC2C3O)OC(n2ccc3c(N)ncnc32)C4O)c(=O)[nH]1. The van der Waals surface area contributed by atoms with Gasteiger partial charge in [-0.05, 0) is 6.07 Å². The molecule has 2 bridgehead atoms. The predicted molar refractivity (Wildman–Crippen MR) is 147 cm³/mol. The molecule has 0 spiro atoms. The Balaban J connectivity index is 1.20. The first-order valence-electron chi connectivity index (χ1n) is 13.1. The molecule has 24 heteroatoms. The molecule has 9 unspecified atom stereocenters. The van der Waals surface area contributed by atoms with E-state index < -0.39 is 83.8 Å². The van der Waals surface area contributed by atoms with Crippen LogP contribution in [0.3, 0.4) is 0 Å². The molecule has 3 saturated heterocycles. The van der Waals surface area contributed by atoms with Crippen molar-refractivity contribution in [1.82, 2.24) is 34.1 Å². The number of imidazole rings is 1. The quantitative estimate of drug-likeness (QED) is 0.105. The summed E-state index contributed by atoms with van der Waals surface area (Å²) in [7, 11) is -9.89. The van der Waals surface area contributed by atoms with Gasteiger partial charge in [-0.3, -0.25) is 23.4 Å². The number of rotatable bonds is 2. The van der Waals surface area contributed by atoms with E-state index >= 15 is 0 Å². The van der Waals surface area contributed by atoms with Crippen molar-refractivity contribution in [3.63, 3.8) is 0 Å². The summed E-state index contributed by atoms with van der Waals surface area (Å²) in [4.78, 5) is 62.8. The second-order valence-electron chi connectivity index (χ2n) is 10.3. The number of phosphoric acid groups is 1. The Kier molecular flexibility index (Phi) is 7.41. The summed E-state index contributed by atoms with van der Waals surface area (Å²) in [6, 6.07) is 1.57. The molecule has 3 aliphatic heterocycles. The van der Waals surface area contributed by atoms with E-state index in [1.165, 1.54) is 17.1 Å². The highest BCUT2D eigenvalue weighted by Gasteiger charge is 2.58. The number of hydrogen-bond donors (Lipinski definition) is 8. The van der Waals surface area contributed by atoms with Crippen molar-refractivity contribution in [2.24, 2.45) is 0 Å². The van der Waals surface area contributed by atoms with E-state index in [1.807, 2.05) is 0 Å². The summed E-state index contributed by atoms with van der Waals surface area (Å²) in [5.74, 6) is -0.114. The highest BCUT2D eigenvalue weighted by atomic mass is 31.2. The fourth-order valence-electron chi connectivity index (χ4n) is 5.44. The van der Waals surface area contributed by atoms with Crippen molar-refractivity contribution < 1.29 is 57.0 Å². The van der Waals surface area contributed by atoms with Crippen LogP contribution in [0.2, 0.25) is 0 Å². The van der Waals surface area contributed by atoms with E-state index in [0.717, 1.165) is 10.9 Å². The molecule has 4 aromatic heterocycles. The lowest BCUT2D eigenvalue weighted by Gasteiger charge is -2.24. The number of nitrogens with one attached hydrogen (secondary N) is 1. The number of anilines is 2. The van der Waals surface area contributed by atoms with Crippen LogP contribution < -0.4 is 17.0 Å². The van der Waals surface area contributed by atoms with E-state index in [-0.39, 0.29) is 28.6 Å². The number of fused-ring (bicyclic) bond motifs is 5. The summed E-state index contributed by atoms with van der Waals surface area (Å²) in [5.41, 5.74) is 10.9. The minimum absolute atomic E-state index is 0.103. The highest BCUT2D eigenvalue weighted by Crippen LogP contribution is 2.58. The number of H-pyrrole nitrogens is 1. The smallest absolute Gasteiger partial charge is 0.387 e. The number of aliphatic hydroxyl groups excluding tert-OH is 2. The Bertz CT molecular complexity index is 1870. The number of ether oxygens (including phenoxy) is 2. The topological polar surface area (TPSA) is 320 Å². The van der Waals surface area contributed by atoms with Crippen LogP contribution in [0.5, 0.6) is 0 Å². The number of nitrogens with zero attached hydrogens (tertiary/aromatic N) is 6. The number of aliphatic hydroxyl groups is 2. The Morgan fingerprint density at radius 2 is 1.78 bits per heavy atom. The van der Waals surface area contributed by atoms with Crippen molar-refractivity contribution in [3.05, 3.63) is 35.3 Å². The lowest BCUT2D eigenvalue weighted by Crippen LogP contribution is -2.36. The molecule has 0 saturated carbocycles. The second kappa shape index (κ2) is 11.0. The van der Waals surface area contributed by atoms with Gasteiger partial charge in [0.15, 0.2) is 29.7 Å². The van der Waals surface area contributed by atoms with Crippen LogP contribution in [0.1, 0.15) is 12.5 Å². The lowest BCUT2D eigenvalue weighted by atomic mass is 10.1. The molecule has 7 rings (SSSR count). The normalized spacial score (nSPS) is 35.6. The third-order valence-corrected chi connectivity index (χ3v) is 9.47. The van der Waals surface area contributed by atoms with E-state index in [0.29, 0.717) is 5.39 Å². The third kappa shape index (κ3) is 5.38. The minimum atomic E-state index is -5.03. The molecule has 7 heterocycles. The number of aromatic amines is 1. The van der Waals surface area contributed by atoms with Crippen LogP contribution in [-0.2, 0) is 32.1 Å². The molecule has 9 atom stereocenters. The standard InChI is InChI=1S/C21H25N9O13P2/c22-15-7-1-2-29(16(7)25-5-24-15)19-12(32)13-9(41-19)4-39-45(36,37)43-14-11(31)8(3-38-44(34,35)42-13)40-20(14)30-6-26-10-17(30)27-21(23)28-18(10)33/h1-2,5-6,8-9,11-14,19-20,31-32,36-37H,3-4H2,(H5-,22,23,24,25,27,28,33,34,35)/p+1. The molecular formula is C21H26N9O13P2+. The second-order valence-corrected chi connectivity index (χ2v) is 13.2. The number of aromatic nitrogens is 7. The van der Waals surface area contributed by atoms with Crippen LogP contribution in [0, 0.1) is 0 Å². The fourth-order valence-corrected chi connectivity index (χ4v) is 7.36. The third-order valence-electron chi connectivity index (χ3n) is 7.48. The molecule has 3 aliphatic rings. The van der Waals surface area contributed by atoms with Crippen LogP contribution in [0.15, 0.2) is 29.7 Å². The molecule has 242 valence electrons. The first-order valence-corrected chi connectivity index (χ1v) is 16.1. The Morgan fingerprint density at radius 3 is 2.58 bits per heavy atom. The van der Waals surface area contributed by atoms with Gasteiger partial charge in [0.1, 0.15) is 54.9 Å². The first kappa shape index (κ1) is 30.4. The first-order chi connectivity index (χ1) is 21.3. The van der Waals surface area contributed by atoms with Gasteiger partial charge in [0.05, 0.1) is 18.3 Å². The summed E-state index contributed by atoms with van der Waals surface area (Å²) in [6.07, 6.45) is -8.41. The summed E-state index contributed by atoms with van der Waals surface area (Å²) in [6.45, 7) is -1.54. The maximum absolute atomic E-state index is 13.1. The van der Waals surface area contributed by atoms with Crippen molar-refractivity contribution in [2.45, 2.75) is 49.1 Å². The monoisotopic (exact) mass is 674 g/mol. The molecule has 10 N–H and O–H groups in total. The van der Waals surface area contributed by atoms with Crippen molar-refractivity contribution in [2.75, 3.05) is 24.7 Å². The largest absolute Gasteiger partial charge is 0.570 e. The molecular weight excluding hydrogens is 648 g/mol. The van der Waals surface area contributed by atoms with E-state index in [9.17, 15) is 34.3 Å². The van der Waals surface area contributed by atoms with Gasteiger partial charge < -0.3 is 40.6 Å². The van der Waals surface area contributed by atoms with E-state index in [4.69, 9.17) is 39.0 Å². The van der Waals surface area contributed by atoms with E-state index in [2.05, 4.69) is 24.9 Å². The maximum atomic E-state index is 13.1. The number of nitrogens with two attached hydrogens (primary N) is 2. The Labute approximate surface area is 250 Å².